The van der Waals surface area contributed by atoms with Crippen molar-refractivity contribution in [2.45, 2.75) is 38.8 Å². The quantitative estimate of drug-likeness (QED) is 0.826. The summed E-state index contributed by atoms with van der Waals surface area (Å²) in [7, 11) is 0. The summed E-state index contributed by atoms with van der Waals surface area (Å²) in [4.78, 5) is 26.1. The van der Waals surface area contributed by atoms with Gasteiger partial charge in [-0.2, -0.15) is 0 Å². The topological polar surface area (TPSA) is 70.7 Å². The average molecular weight is 345 g/mol. The lowest BCUT2D eigenvalue weighted by molar-refractivity contribution is -0.137. The standard InChI is InChI=1S/C19H27N3O3/c1-13(20-14(2)19(24)22-9-11-25-12-10-22)15-5-7-17(8-6-15)21-18(23)16-3-4-16/h5-8,13-14,16,20H,3-4,9-12H2,1-2H3,(H,21,23). The third kappa shape index (κ3) is 4.80. The van der Waals surface area contributed by atoms with Crippen LogP contribution < -0.4 is 10.6 Å². The van der Waals surface area contributed by atoms with Crippen molar-refractivity contribution in [2.24, 2.45) is 5.92 Å². The van der Waals surface area contributed by atoms with Crippen molar-refractivity contribution in [3.05, 3.63) is 29.8 Å². The van der Waals surface area contributed by atoms with Crippen LogP contribution in [0, 0.1) is 5.92 Å². The van der Waals surface area contributed by atoms with E-state index in [0.717, 1.165) is 24.1 Å². The van der Waals surface area contributed by atoms with Crippen LogP contribution in [0.3, 0.4) is 0 Å². The van der Waals surface area contributed by atoms with Gasteiger partial charge < -0.3 is 15.0 Å². The molecule has 6 heteroatoms. The normalized spacial score (nSPS) is 20.0. The number of hydrogen-bond acceptors (Lipinski definition) is 4. The second kappa shape index (κ2) is 7.97. The van der Waals surface area contributed by atoms with Gasteiger partial charge in [-0.25, -0.2) is 0 Å². The number of ether oxygens (including phenoxy) is 1. The molecular weight excluding hydrogens is 318 g/mol. The second-order valence-electron chi connectivity index (χ2n) is 6.93. The predicted molar refractivity (Wildman–Crippen MR) is 96.2 cm³/mol. The summed E-state index contributed by atoms with van der Waals surface area (Å²) in [6, 6.07) is 7.62. The number of benzene rings is 1. The summed E-state index contributed by atoms with van der Waals surface area (Å²) in [5, 5.41) is 6.30. The highest BCUT2D eigenvalue weighted by Gasteiger charge is 2.29. The molecule has 2 atom stereocenters. The molecule has 136 valence electrons. The van der Waals surface area contributed by atoms with Crippen molar-refractivity contribution in [1.82, 2.24) is 10.2 Å². The van der Waals surface area contributed by atoms with Gasteiger partial charge in [-0.05, 0) is 44.4 Å². The predicted octanol–water partition coefficient (Wildman–Crippen LogP) is 1.93. The Labute approximate surface area is 148 Å². The fourth-order valence-corrected chi connectivity index (χ4v) is 3.05. The number of carbonyl (C=O) groups is 2. The molecule has 0 aromatic heterocycles. The molecule has 2 unspecified atom stereocenters. The van der Waals surface area contributed by atoms with E-state index in [4.69, 9.17) is 4.74 Å². The molecule has 0 spiro atoms. The fraction of sp³-hybridized carbons (Fsp3) is 0.579. The summed E-state index contributed by atoms with van der Waals surface area (Å²) in [5.74, 6) is 0.430. The van der Waals surface area contributed by atoms with Gasteiger partial charge in [-0.15, -0.1) is 0 Å². The molecule has 3 rings (SSSR count). The van der Waals surface area contributed by atoms with Crippen LogP contribution >= 0.6 is 0 Å². The van der Waals surface area contributed by atoms with Crippen molar-refractivity contribution in [2.75, 3.05) is 31.6 Å². The van der Waals surface area contributed by atoms with E-state index >= 15 is 0 Å². The Balaban J connectivity index is 1.52. The van der Waals surface area contributed by atoms with Crippen LogP contribution in [-0.4, -0.2) is 49.1 Å². The van der Waals surface area contributed by atoms with Crippen LogP contribution in [-0.2, 0) is 14.3 Å². The summed E-state index contributed by atoms with van der Waals surface area (Å²) in [6.07, 6.45) is 2.00. The first-order valence-corrected chi connectivity index (χ1v) is 9.08. The van der Waals surface area contributed by atoms with Crippen molar-refractivity contribution >= 4 is 17.5 Å². The molecule has 1 aliphatic heterocycles. The van der Waals surface area contributed by atoms with Crippen molar-refractivity contribution in [3.63, 3.8) is 0 Å². The van der Waals surface area contributed by atoms with Gasteiger partial charge in [0, 0.05) is 30.7 Å². The monoisotopic (exact) mass is 345 g/mol. The maximum Gasteiger partial charge on any atom is 0.239 e. The van der Waals surface area contributed by atoms with Gasteiger partial charge in [0.05, 0.1) is 19.3 Å². The van der Waals surface area contributed by atoms with Gasteiger partial charge in [0.25, 0.3) is 0 Å². The molecule has 6 nitrogen and oxygen atoms in total. The maximum absolute atomic E-state index is 12.5. The van der Waals surface area contributed by atoms with E-state index in [1.165, 1.54) is 0 Å². The molecule has 1 saturated heterocycles. The Morgan fingerprint density at radius 1 is 1.12 bits per heavy atom. The molecule has 1 aliphatic carbocycles. The van der Waals surface area contributed by atoms with Crippen LogP contribution in [0.5, 0.6) is 0 Å². The van der Waals surface area contributed by atoms with Gasteiger partial charge in [-0.3, -0.25) is 14.9 Å². The van der Waals surface area contributed by atoms with E-state index in [2.05, 4.69) is 10.6 Å². The Morgan fingerprint density at radius 3 is 2.36 bits per heavy atom. The van der Waals surface area contributed by atoms with E-state index in [1.807, 2.05) is 43.0 Å². The van der Waals surface area contributed by atoms with Gasteiger partial charge in [0.15, 0.2) is 0 Å². The maximum atomic E-state index is 12.5. The van der Waals surface area contributed by atoms with Crippen molar-refractivity contribution < 1.29 is 14.3 Å². The minimum absolute atomic E-state index is 0.0492. The Bertz CT molecular complexity index is 607. The molecule has 1 aromatic carbocycles. The molecule has 0 radical (unpaired) electrons. The minimum atomic E-state index is -0.248. The van der Waals surface area contributed by atoms with E-state index in [-0.39, 0.29) is 29.8 Å². The molecule has 0 bridgehead atoms. The van der Waals surface area contributed by atoms with Crippen LogP contribution in [0.15, 0.2) is 24.3 Å². The first-order valence-electron chi connectivity index (χ1n) is 9.08. The average Bonchev–Trinajstić information content (AvgIpc) is 3.47. The van der Waals surface area contributed by atoms with Crippen LogP contribution in [0.25, 0.3) is 0 Å². The first kappa shape index (κ1) is 17.9. The summed E-state index contributed by atoms with van der Waals surface area (Å²) in [6.45, 7) is 6.49. The van der Waals surface area contributed by atoms with Crippen molar-refractivity contribution in [1.29, 1.82) is 0 Å². The third-order valence-corrected chi connectivity index (χ3v) is 4.82. The number of nitrogens with one attached hydrogen (secondary N) is 2. The van der Waals surface area contributed by atoms with Gasteiger partial charge in [0.2, 0.25) is 11.8 Å². The van der Waals surface area contributed by atoms with E-state index in [9.17, 15) is 9.59 Å². The van der Waals surface area contributed by atoms with Crippen LogP contribution in [0.1, 0.15) is 38.3 Å². The van der Waals surface area contributed by atoms with Crippen LogP contribution in [0.2, 0.25) is 0 Å². The molecule has 2 aliphatic rings. The molecule has 1 saturated carbocycles. The molecular formula is C19H27N3O3. The van der Waals surface area contributed by atoms with E-state index in [0.29, 0.717) is 26.3 Å². The number of morpholine rings is 1. The molecule has 25 heavy (non-hydrogen) atoms. The third-order valence-electron chi connectivity index (χ3n) is 4.82. The lowest BCUT2D eigenvalue weighted by Crippen LogP contribution is -2.49. The number of rotatable bonds is 6. The lowest BCUT2D eigenvalue weighted by atomic mass is 10.1. The Kier molecular flexibility index (Phi) is 5.71. The van der Waals surface area contributed by atoms with Crippen molar-refractivity contribution in [3.8, 4) is 0 Å². The smallest absolute Gasteiger partial charge is 0.239 e. The highest BCUT2D eigenvalue weighted by Crippen LogP contribution is 2.30. The fourth-order valence-electron chi connectivity index (χ4n) is 3.05. The molecule has 2 amide bonds. The first-order chi connectivity index (χ1) is 12.0. The molecule has 2 fully saturated rings. The SMILES string of the molecule is CC(NC(C)c1ccc(NC(=O)C2CC2)cc1)C(=O)N1CCOCC1. The molecule has 2 N–H and O–H groups in total. The Hall–Kier alpha value is -1.92. The summed E-state index contributed by atoms with van der Waals surface area (Å²) in [5.41, 5.74) is 1.91. The number of amides is 2. The zero-order chi connectivity index (χ0) is 17.8. The van der Waals surface area contributed by atoms with Gasteiger partial charge >= 0.3 is 0 Å². The van der Waals surface area contributed by atoms with Crippen LogP contribution in [0.4, 0.5) is 5.69 Å². The highest BCUT2D eigenvalue weighted by atomic mass is 16.5. The van der Waals surface area contributed by atoms with Gasteiger partial charge in [-0.1, -0.05) is 12.1 Å². The summed E-state index contributed by atoms with van der Waals surface area (Å²) < 4.78 is 5.29. The molecule has 1 heterocycles. The zero-order valence-corrected chi connectivity index (χ0v) is 15.0. The van der Waals surface area contributed by atoms with E-state index in [1.54, 1.807) is 0 Å². The number of anilines is 1. The minimum Gasteiger partial charge on any atom is -0.378 e. The second-order valence-corrected chi connectivity index (χ2v) is 6.93. The van der Waals surface area contributed by atoms with Gasteiger partial charge in [0.1, 0.15) is 0 Å². The highest BCUT2D eigenvalue weighted by molar-refractivity contribution is 5.94. The number of hydrogen-bond donors (Lipinski definition) is 2. The largest absolute Gasteiger partial charge is 0.378 e. The zero-order valence-electron chi connectivity index (χ0n) is 15.0. The number of carbonyl (C=O) groups excluding carboxylic acids is 2. The molecule has 1 aromatic rings. The summed E-state index contributed by atoms with van der Waals surface area (Å²) >= 11 is 0. The number of nitrogens with zero attached hydrogens (tertiary/aromatic N) is 1. The lowest BCUT2D eigenvalue weighted by Gasteiger charge is -2.30. The Morgan fingerprint density at radius 2 is 1.76 bits per heavy atom. The van der Waals surface area contributed by atoms with E-state index < -0.39 is 0 Å².